The molecule has 2 aromatic rings. The summed E-state index contributed by atoms with van der Waals surface area (Å²) in [7, 11) is 1.28. The standard InChI is InChI=1S/C11H12N2O3S/c1-16-10(15)8(6-14)13-11-12-7-4-2-3-5-9(7)17-11/h2-5,8,14H,6H2,1H3,(H,12,13). The Hall–Kier alpha value is -1.66. The number of aromatic nitrogens is 1. The Balaban J connectivity index is 2.19. The number of rotatable bonds is 4. The van der Waals surface area contributed by atoms with Crippen LogP contribution in [0.4, 0.5) is 5.13 Å². The summed E-state index contributed by atoms with van der Waals surface area (Å²) in [6.45, 7) is -0.331. The number of nitrogens with zero attached hydrogens (tertiary/aromatic N) is 1. The number of ether oxygens (including phenoxy) is 1. The number of anilines is 1. The molecule has 0 fully saturated rings. The molecule has 0 amide bonds. The van der Waals surface area contributed by atoms with Gasteiger partial charge in [-0.1, -0.05) is 23.5 Å². The van der Waals surface area contributed by atoms with Gasteiger partial charge in [0.05, 0.1) is 23.9 Å². The van der Waals surface area contributed by atoms with Crippen molar-refractivity contribution in [2.45, 2.75) is 6.04 Å². The van der Waals surface area contributed by atoms with Crippen molar-refractivity contribution in [3.8, 4) is 0 Å². The topological polar surface area (TPSA) is 71.5 Å². The van der Waals surface area contributed by atoms with Gasteiger partial charge in [-0.25, -0.2) is 9.78 Å². The van der Waals surface area contributed by atoms with Crippen LogP contribution in [-0.4, -0.2) is 35.8 Å². The lowest BCUT2D eigenvalue weighted by atomic mass is 10.3. The third-order valence-corrected chi connectivity index (χ3v) is 3.23. The number of hydrogen-bond acceptors (Lipinski definition) is 6. The summed E-state index contributed by atoms with van der Waals surface area (Å²) in [6.07, 6.45) is 0. The third kappa shape index (κ3) is 2.54. The number of carbonyl (C=O) groups is 1. The molecule has 0 aliphatic heterocycles. The fraction of sp³-hybridized carbons (Fsp3) is 0.273. The van der Waals surface area contributed by atoms with Crippen LogP contribution in [0.5, 0.6) is 0 Å². The second-order valence-electron chi connectivity index (χ2n) is 3.39. The van der Waals surface area contributed by atoms with E-state index in [-0.39, 0.29) is 6.61 Å². The third-order valence-electron chi connectivity index (χ3n) is 2.26. The van der Waals surface area contributed by atoms with E-state index in [0.29, 0.717) is 5.13 Å². The van der Waals surface area contributed by atoms with E-state index in [4.69, 9.17) is 5.11 Å². The van der Waals surface area contributed by atoms with Crippen LogP contribution < -0.4 is 5.32 Å². The number of hydrogen-bond donors (Lipinski definition) is 2. The predicted molar refractivity (Wildman–Crippen MR) is 66.1 cm³/mol. The molecule has 0 radical (unpaired) electrons. The second-order valence-corrected chi connectivity index (χ2v) is 4.42. The molecule has 2 N–H and O–H groups in total. The van der Waals surface area contributed by atoms with Crippen LogP contribution >= 0.6 is 11.3 Å². The monoisotopic (exact) mass is 252 g/mol. The Morgan fingerprint density at radius 3 is 3.00 bits per heavy atom. The van der Waals surface area contributed by atoms with E-state index in [9.17, 15) is 4.79 Å². The molecule has 5 nitrogen and oxygen atoms in total. The van der Waals surface area contributed by atoms with Crippen molar-refractivity contribution in [1.82, 2.24) is 4.98 Å². The maximum atomic E-state index is 11.3. The summed E-state index contributed by atoms with van der Waals surface area (Å²) < 4.78 is 5.59. The highest BCUT2D eigenvalue weighted by Gasteiger charge is 2.19. The van der Waals surface area contributed by atoms with E-state index in [2.05, 4.69) is 15.0 Å². The maximum Gasteiger partial charge on any atom is 0.330 e. The van der Waals surface area contributed by atoms with Crippen LogP contribution in [0.3, 0.4) is 0 Å². The summed E-state index contributed by atoms with van der Waals surface area (Å²) in [5, 5.41) is 12.5. The number of carbonyl (C=O) groups excluding carboxylic acids is 1. The number of aliphatic hydroxyl groups is 1. The Morgan fingerprint density at radius 1 is 1.59 bits per heavy atom. The minimum Gasteiger partial charge on any atom is -0.467 e. The summed E-state index contributed by atoms with van der Waals surface area (Å²) >= 11 is 1.43. The number of benzene rings is 1. The number of esters is 1. The number of nitrogens with one attached hydrogen (secondary N) is 1. The quantitative estimate of drug-likeness (QED) is 0.801. The molecule has 1 unspecified atom stereocenters. The number of thiazole rings is 1. The lowest BCUT2D eigenvalue weighted by molar-refractivity contribution is -0.142. The average molecular weight is 252 g/mol. The first-order valence-corrected chi connectivity index (χ1v) is 5.87. The van der Waals surface area contributed by atoms with Gasteiger partial charge in [-0.3, -0.25) is 0 Å². The highest BCUT2D eigenvalue weighted by atomic mass is 32.1. The van der Waals surface area contributed by atoms with Gasteiger partial charge in [0.2, 0.25) is 0 Å². The van der Waals surface area contributed by atoms with Crippen molar-refractivity contribution in [2.24, 2.45) is 0 Å². The first-order valence-electron chi connectivity index (χ1n) is 5.05. The van der Waals surface area contributed by atoms with E-state index in [0.717, 1.165) is 10.2 Å². The van der Waals surface area contributed by atoms with Crippen LogP contribution in [0.2, 0.25) is 0 Å². The summed E-state index contributed by atoms with van der Waals surface area (Å²) in [6, 6.07) is 6.89. The van der Waals surface area contributed by atoms with Crippen molar-refractivity contribution in [1.29, 1.82) is 0 Å². The first-order chi connectivity index (χ1) is 8.24. The lowest BCUT2D eigenvalue weighted by Crippen LogP contribution is -2.33. The van der Waals surface area contributed by atoms with E-state index in [1.165, 1.54) is 18.4 Å². The highest BCUT2D eigenvalue weighted by molar-refractivity contribution is 7.22. The number of para-hydroxylation sites is 1. The molecule has 90 valence electrons. The minimum absolute atomic E-state index is 0.331. The van der Waals surface area contributed by atoms with Crippen molar-refractivity contribution in [3.05, 3.63) is 24.3 Å². The van der Waals surface area contributed by atoms with Gasteiger partial charge in [-0.2, -0.15) is 0 Å². The van der Waals surface area contributed by atoms with Gasteiger partial charge < -0.3 is 15.2 Å². The van der Waals surface area contributed by atoms with Crippen molar-refractivity contribution >= 4 is 32.7 Å². The van der Waals surface area contributed by atoms with E-state index in [1.807, 2.05) is 24.3 Å². The van der Waals surface area contributed by atoms with Gasteiger partial charge >= 0.3 is 5.97 Å². The molecule has 0 saturated heterocycles. The van der Waals surface area contributed by atoms with E-state index in [1.54, 1.807) is 0 Å². The van der Waals surface area contributed by atoms with Crippen LogP contribution in [0, 0.1) is 0 Å². The largest absolute Gasteiger partial charge is 0.467 e. The second kappa shape index (κ2) is 5.11. The SMILES string of the molecule is COC(=O)C(CO)Nc1nc2ccccc2s1. The van der Waals surface area contributed by atoms with E-state index < -0.39 is 12.0 Å². The minimum atomic E-state index is -0.777. The molecule has 0 aliphatic rings. The smallest absolute Gasteiger partial charge is 0.330 e. The number of fused-ring (bicyclic) bond motifs is 1. The molecule has 0 saturated carbocycles. The molecular formula is C11H12N2O3S. The number of aliphatic hydroxyl groups excluding tert-OH is 1. The average Bonchev–Trinajstić information content (AvgIpc) is 2.77. The molecule has 2 rings (SSSR count). The van der Waals surface area contributed by atoms with Gasteiger partial charge in [0, 0.05) is 0 Å². The van der Waals surface area contributed by atoms with Gasteiger partial charge in [-0.05, 0) is 12.1 Å². The molecule has 17 heavy (non-hydrogen) atoms. The Bertz CT molecular complexity index is 493. The van der Waals surface area contributed by atoms with Crippen LogP contribution in [0.25, 0.3) is 10.2 Å². The first kappa shape index (κ1) is 11.8. The Morgan fingerprint density at radius 2 is 2.35 bits per heavy atom. The molecule has 6 heteroatoms. The van der Waals surface area contributed by atoms with Crippen molar-refractivity contribution in [3.63, 3.8) is 0 Å². The van der Waals surface area contributed by atoms with Crippen molar-refractivity contribution in [2.75, 3.05) is 19.0 Å². The zero-order chi connectivity index (χ0) is 12.3. The van der Waals surface area contributed by atoms with Gasteiger partial charge in [0.15, 0.2) is 5.13 Å². The molecule has 1 atom stereocenters. The van der Waals surface area contributed by atoms with Crippen LogP contribution in [0.1, 0.15) is 0 Å². The van der Waals surface area contributed by atoms with Crippen LogP contribution in [-0.2, 0) is 9.53 Å². The maximum absolute atomic E-state index is 11.3. The fourth-order valence-corrected chi connectivity index (χ4v) is 2.32. The lowest BCUT2D eigenvalue weighted by Gasteiger charge is -2.12. The molecule has 1 aromatic heterocycles. The van der Waals surface area contributed by atoms with Gasteiger partial charge in [-0.15, -0.1) is 0 Å². The molecule has 0 bridgehead atoms. The normalized spacial score (nSPS) is 12.4. The fourth-order valence-electron chi connectivity index (χ4n) is 1.40. The van der Waals surface area contributed by atoms with E-state index >= 15 is 0 Å². The molecule has 1 heterocycles. The predicted octanol–water partition coefficient (Wildman–Crippen LogP) is 1.24. The number of methoxy groups -OCH3 is 1. The molecule has 1 aromatic carbocycles. The molecule has 0 spiro atoms. The molecular weight excluding hydrogens is 240 g/mol. The Labute approximate surface area is 102 Å². The molecule has 0 aliphatic carbocycles. The summed E-state index contributed by atoms with van der Waals surface area (Å²) in [5.74, 6) is -0.508. The van der Waals surface area contributed by atoms with Gasteiger partial charge in [0.25, 0.3) is 0 Å². The van der Waals surface area contributed by atoms with Gasteiger partial charge in [0.1, 0.15) is 6.04 Å². The summed E-state index contributed by atoms with van der Waals surface area (Å²) in [4.78, 5) is 15.6. The van der Waals surface area contributed by atoms with Crippen LogP contribution in [0.15, 0.2) is 24.3 Å². The van der Waals surface area contributed by atoms with Crippen molar-refractivity contribution < 1.29 is 14.6 Å². The zero-order valence-corrected chi connectivity index (χ0v) is 10.0. The zero-order valence-electron chi connectivity index (χ0n) is 9.21. The highest BCUT2D eigenvalue weighted by Crippen LogP contribution is 2.25. The summed E-state index contributed by atoms with van der Waals surface area (Å²) in [5.41, 5.74) is 0.863. The Kier molecular flexibility index (Phi) is 3.55.